The maximum Gasteiger partial charge on any atom is 0.472 e. The molecular weight excluding hydrogens is 685 g/mol. The summed E-state index contributed by atoms with van der Waals surface area (Å²) in [6.45, 7) is 2.76. The molecule has 0 aliphatic rings. The fourth-order valence-electron chi connectivity index (χ4n) is 5.45. The molecule has 0 rings (SSSR count). The van der Waals surface area contributed by atoms with Gasteiger partial charge >= 0.3 is 25.7 Å². The van der Waals surface area contributed by atoms with Crippen LogP contribution in [-0.4, -0.2) is 59.9 Å². The third-order valence-electron chi connectivity index (χ3n) is 8.70. The molecule has 0 amide bonds. The number of nitrogens with two attached hydrogens (primary N) is 1. The van der Waals surface area contributed by atoms with Crippen LogP contribution in [0.5, 0.6) is 0 Å². The number of unbranched alkanes of at least 4 members (excludes halogenated alkanes) is 20. The van der Waals surface area contributed by atoms with Crippen LogP contribution in [0.3, 0.4) is 0 Å². The van der Waals surface area contributed by atoms with Crippen LogP contribution in [-0.2, 0) is 37.5 Å². The van der Waals surface area contributed by atoms with E-state index in [-0.39, 0.29) is 19.4 Å². The van der Waals surface area contributed by atoms with Gasteiger partial charge in [-0.2, -0.15) is 0 Å². The zero-order valence-electron chi connectivity index (χ0n) is 32.7. The second-order valence-electron chi connectivity index (χ2n) is 13.8. The highest BCUT2D eigenvalue weighted by atomic mass is 31.2. The molecular formula is C40H74NO10P. The van der Waals surface area contributed by atoms with Crippen molar-refractivity contribution < 1.29 is 47.5 Å². The van der Waals surface area contributed by atoms with Gasteiger partial charge in [-0.3, -0.25) is 23.4 Å². The van der Waals surface area contributed by atoms with Gasteiger partial charge in [0.05, 0.1) is 13.2 Å². The van der Waals surface area contributed by atoms with Gasteiger partial charge in [0.2, 0.25) is 0 Å². The number of aliphatic carboxylic acids is 1. The van der Waals surface area contributed by atoms with E-state index in [4.69, 9.17) is 24.8 Å². The van der Waals surface area contributed by atoms with Gasteiger partial charge < -0.3 is 25.2 Å². The lowest BCUT2D eigenvalue weighted by atomic mass is 10.0. The molecule has 11 nitrogen and oxygen atoms in total. The highest BCUT2D eigenvalue weighted by Gasteiger charge is 2.28. The Morgan fingerprint density at radius 2 is 1.02 bits per heavy atom. The summed E-state index contributed by atoms with van der Waals surface area (Å²) in [4.78, 5) is 45.8. The lowest BCUT2D eigenvalue weighted by molar-refractivity contribution is -0.161. The zero-order chi connectivity index (χ0) is 38.5. The minimum absolute atomic E-state index is 0.121. The quantitative estimate of drug-likeness (QED) is 0.0237. The number of phosphoric acid groups is 1. The Morgan fingerprint density at radius 1 is 0.596 bits per heavy atom. The Balaban J connectivity index is 4.45. The minimum atomic E-state index is -4.72. The molecule has 304 valence electrons. The molecule has 0 aromatic rings. The normalized spacial score (nSPS) is 14.1. The number of hydrogen-bond acceptors (Lipinski definition) is 9. The molecule has 0 saturated heterocycles. The van der Waals surface area contributed by atoms with Gasteiger partial charge in [-0.05, 0) is 44.9 Å². The Morgan fingerprint density at radius 3 is 1.54 bits per heavy atom. The van der Waals surface area contributed by atoms with E-state index in [2.05, 4.69) is 42.7 Å². The number of carboxylic acid groups (broad SMARTS) is 1. The Kier molecular flexibility index (Phi) is 34.6. The summed E-state index contributed by atoms with van der Waals surface area (Å²) in [5.41, 5.74) is 5.32. The molecule has 0 saturated carbocycles. The highest BCUT2D eigenvalue weighted by Crippen LogP contribution is 2.43. The van der Waals surface area contributed by atoms with Crippen molar-refractivity contribution in [1.82, 2.24) is 0 Å². The van der Waals surface area contributed by atoms with Crippen LogP contribution in [0.25, 0.3) is 0 Å². The summed E-state index contributed by atoms with van der Waals surface area (Å²) in [6, 6.07) is -1.52. The number of rotatable bonds is 38. The molecule has 0 fully saturated rings. The van der Waals surface area contributed by atoms with Crippen molar-refractivity contribution in [3.8, 4) is 0 Å². The van der Waals surface area contributed by atoms with Crippen molar-refractivity contribution in [2.75, 3.05) is 19.8 Å². The van der Waals surface area contributed by atoms with Gasteiger partial charge in [-0.25, -0.2) is 4.57 Å². The number of hydrogen-bond donors (Lipinski definition) is 3. The van der Waals surface area contributed by atoms with Gasteiger partial charge in [0.25, 0.3) is 0 Å². The third kappa shape index (κ3) is 35.0. The number of phosphoric ester groups is 1. The predicted octanol–water partition coefficient (Wildman–Crippen LogP) is 10.3. The first-order valence-electron chi connectivity index (χ1n) is 20.4. The summed E-state index contributed by atoms with van der Waals surface area (Å²) in [5, 5.41) is 8.87. The molecule has 0 aliphatic heterocycles. The van der Waals surface area contributed by atoms with Crippen molar-refractivity contribution in [1.29, 1.82) is 0 Å². The van der Waals surface area contributed by atoms with Gasteiger partial charge in [-0.1, -0.05) is 147 Å². The lowest BCUT2D eigenvalue weighted by Gasteiger charge is -2.20. The average molecular weight is 760 g/mol. The molecule has 0 aliphatic carbocycles. The average Bonchev–Trinajstić information content (AvgIpc) is 3.12. The SMILES string of the molecule is CCCCCCCC/C=C/C/C=C/CCCCC(=O)O[C@H](COC(=O)CCCCCCCCCCCCCCC)COP(=O)(O)OC[C@H](N)C(=O)O. The molecule has 4 N–H and O–H groups in total. The Labute approximate surface area is 315 Å². The molecule has 52 heavy (non-hydrogen) atoms. The molecule has 0 bridgehead atoms. The van der Waals surface area contributed by atoms with E-state index in [9.17, 15) is 23.8 Å². The van der Waals surface area contributed by atoms with Crippen LogP contribution in [0.4, 0.5) is 0 Å². The van der Waals surface area contributed by atoms with Crippen LogP contribution in [0.1, 0.15) is 181 Å². The van der Waals surface area contributed by atoms with Crippen LogP contribution < -0.4 is 5.73 Å². The van der Waals surface area contributed by atoms with Gasteiger partial charge in [0, 0.05) is 12.8 Å². The van der Waals surface area contributed by atoms with Gasteiger partial charge in [0.15, 0.2) is 6.10 Å². The number of allylic oxidation sites excluding steroid dienone is 4. The summed E-state index contributed by atoms with van der Waals surface area (Å²) in [6.07, 6.45) is 35.3. The van der Waals surface area contributed by atoms with Crippen LogP contribution in [0, 0.1) is 0 Å². The van der Waals surface area contributed by atoms with Crippen molar-refractivity contribution in [3.05, 3.63) is 24.3 Å². The first-order chi connectivity index (χ1) is 25.1. The number of ether oxygens (including phenoxy) is 2. The number of carbonyl (C=O) groups is 3. The van der Waals surface area contributed by atoms with E-state index >= 15 is 0 Å². The van der Waals surface area contributed by atoms with E-state index in [1.54, 1.807) is 0 Å². The van der Waals surface area contributed by atoms with E-state index in [1.807, 2.05) is 0 Å². The monoisotopic (exact) mass is 760 g/mol. The topological polar surface area (TPSA) is 172 Å². The maximum absolute atomic E-state index is 12.6. The minimum Gasteiger partial charge on any atom is -0.480 e. The molecule has 0 aromatic carbocycles. The van der Waals surface area contributed by atoms with E-state index in [0.29, 0.717) is 12.8 Å². The smallest absolute Gasteiger partial charge is 0.472 e. The zero-order valence-corrected chi connectivity index (χ0v) is 33.5. The van der Waals surface area contributed by atoms with Crippen molar-refractivity contribution in [2.45, 2.75) is 193 Å². The summed E-state index contributed by atoms with van der Waals surface area (Å²) in [5.74, 6) is -2.42. The predicted molar refractivity (Wildman–Crippen MR) is 208 cm³/mol. The standard InChI is InChI=1S/C40H74NO10P/c1-3-5-7-9-11-13-15-17-18-20-22-24-26-28-30-32-39(43)51-36(34-49-52(46,47)50-35-37(41)40(44)45)33-48-38(42)31-29-27-25-23-21-19-16-14-12-10-8-6-4-2/h17-18,22,24,36-37H,3-16,19-21,23,25-35,41H2,1-2H3,(H,44,45)(H,46,47)/b18-17+,24-22+/t36-,37+/m1/s1. The van der Waals surface area contributed by atoms with Gasteiger partial charge in [-0.15, -0.1) is 0 Å². The van der Waals surface area contributed by atoms with Gasteiger partial charge in [0.1, 0.15) is 12.6 Å². The molecule has 12 heteroatoms. The second-order valence-corrected chi connectivity index (χ2v) is 15.2. The first kappa shape index (κ1) is 50.0. The fraction of sp³-hybridized carbons (Fsp3) is 0.825. The lowest BCUT2D eigenvalue weighted by Crippen LogP contribution is -2.34. The maximum atomic E-state index is 12.6. The van der Waals surface area contributed by atoms with Crippen LogP contribution in [0.15, 0.2) is 24.3 Å². The summed E-state index contributed by atoms with van der Waals surface area (Å²) >= 11 is 0. The van der Waals surface area contributed by atoms with Crippen molar-refractivity contribution in [3.63, 3.8) is 0 Å². The number of esters is 2. The molecule has 0 heterocycles. The van der Waals surface area contributed by atoms with Crippen molar-refractivity contribution >= 4 is 25.7 Å². The molecule has 0 radical (unpaired) electrons. The Bertz CT molecular complexity index is 989. The van der Waals surface area contributed by atoms with Crippen LogP contribution >= 0.6 is 7.82 Å². The first-order valence-corrected chi connectivity index (χ1v) is 21.9. The van der Waals surface area contributed by atoms with E-state index < -0.39 is 51.1 Å². The molecule has 0 aromatic heterocycles. The highest BCUT2D eigenvalue weighted by molar-refractivity contribution is 7.47. The molecule has 1 unspecified atom stereocenters. The molecule has 3 atom stereocenters. The third-order valence-corrected chi connectivity index (χ3v) is 9.65. The fourth-order valence-corrected chi connectivity index (χ4v) is 6.23. The largest absolute Gasteiger partial charge is 0.480 e. The summed E-state index contributed by atoms with van der Waals surface area (Å²) in [7, 11) is -4.72. The van der Waals surface area contributed by atoms with Crippen molar-refractivity contribution in [2.24, 2.45) is 5.73 Å². The number of carboxylic acids is 1. The molecule has 0 spiro atoms. The number of carbonyl (C=O) groups excluding carboxylic acids is 2. The van der Waals surface area contributed by atoms with E-state index in [1.165, 1.54) is 96.3 Å². The van der Waals surface area contributed by atoms with E-state index in [0.717, 1.165) is 44.9 Å². The summed E-state index contributed by atoms with van der Waals surface area (Å²) < 4.78 is 32.6. The Hall–Kier alpha value is -2.04. The van der Waals surface area contributed by atoms with Crippen LogP contribution in [0.2, 0.25) is 0 Å². The second kappa shape index (κ2) is 36.0.